The third-order valence-electron chi connectivity index (χ3n) is 5.05. The highest BCUT2D eigenvalue weighted by molar-refractivity contribution is 6.40. The first kappa shape index (κ1) is 17.7. The van der Waals surface area contributed by atoms with E-state index in [-0.39, 0.29) is 11.8 Å². The van der Waals surface area contributed by atoms with Gasteiger partial charge in [-0.05, 0) is 44.6 Å². The molecule has 0 aliphatic carbocycles. The number of nitrogens with zero attached hydrogens (tertiary/aromatic N) is 2. The molecule has 2 heterocycles. The molecule has 6 nitrogen and oxygen atoms in total. The van der Waals surface area contributed by atoms with Crippen LogP contribution in [0.5, 0.6) is 0 Å². The molecule has 3 N–H and O–H groups in total. The molecular weight excluding hydrogens is 283 g/mol. The van der Waals surface area contributed by atoms with Crippen LogP contribution >= 0.6 is 0 Å². The third kappa shape index (κ3) is 5.54. The zero-order valence-corrected chi connectivity index (χ0v) is 13.4. The summed E-state index contributed by atoms with van der Waals surface area (Å²) in [7, 11) is -1.28. The minimum absolute atomic E-state index is 0.137. The summed E-state index contributed by atoms with van der Waals surface area (Å²) in [6, 6.07) is 0. The van der Waals surface area contributed by atoms with Crippen molar-refractivity contribution in [3.8, 4) is 0 Å². The topological polar surface area (TPSA) is 84.2 Å². The van der Waals surface area contributed by atoms with Crippen LogP contribution in [0.4, 0.5) is 0 Å². The van der Waals surface area contributed by atoms with E-state index in [1.807, 2.05) is 0 Å². The Morgan fingerprint density at radius 1 is 1.05 bits per heavy atom. The normalized spacial score (nSPS) is 27.2. The van der Waals surface area contributed by atoms with Gasteiger partial charge in [-0.1, -0.05) is 12.8 Å². The number of hydrogen-bond donors (Lipinski definition) is 3. The molecule has 126 valence electrons. The number of hydrogen-bond acceptors (Lipinski definition) is 5. The summed E-state index contributed by atoms with van der Waals surface area (Å²) < 4.78 is 0. The minimum atomic E-state index is -1.28. The number of rotatable bonds is 8. The molecule has 0 spiro atoms. The first-order valence-electron chi connectivity index (χ1n) is 8.60. The van der Waals surface area contributed by atoms with E-state index in [1.165, 1.54) is 32.4 Å². The number of aliphatic carboxylic acids is 1. The summed E-state index contributed by atoms with van der Waals surface area (Å²) in [6.45, 7) is 5.79. The molecule has 22 heavy (non-hydrogen) atoms. The van der Waals surface area contributed by atoms with Crippen LogP contribution in [0.1, 0.15) is 32.1 Å². The lowest BCUT2D eigenvalue weighted by Gasteiger charge is -2.28. The molecule has 2 aliphatic rings. The van der Waals surface area contributed by atoms with Crippen LogP contribution in [0.3, 0.4) is 0 Å². The van der Waals surface area contributed by atoms with Gasteiger partial charge in [-0.15, -0.1) is 0 Å². The van der Waals surface area contributed by atoms with E-state index in [0.717, 1.165) is 26.1 Å². The van der Waals surface area contributed by atoms with Crippen molar-refractivity contribution < 1.29 is 19.9 Å². The SMILES string of the molecule is O=C(O)[C@@H]1CN(CCN2CCCCC2)CC1CCCB(O)O. The highest BCUT2D eigenvalue weighted by atomic mass is 16.4. The van der Waals surface area contributed by atoms with E-state index in [4.69, 9.17) is 10.0 Å². The summed E-state index contributed by atoms with van der Waals surface area (Å²) >= 11 is 0. The van der Waals surface area contributed by atoms with E-state index < -0.39 is 13.1 Å². The Morgan fingerprint density at radius 3 is 2.36 bits per heavy atom. The maximum absolute atomic E-state index is 11.4. The highest BCUT2D eigenvalue weighted by Crippen LogP contribution is 2.28. The van der Waals surface area contributed by atoms with Crippen LogP contribution in [-0.2, 0) is 4.79 Å². The fraction of sp³-hybridized carbons (Fsp3) is 0.933. The Hall–Kier alpha value is -0.625. The molecule has 0 saturated carbocycles. The van der Waals surface area contributed by atoms with Crippen LogP contribution in [0, 0.1) is 11.8 Å². The molecule has 0 amide bonds. The Kier molecular flexibility index (Phi) is 7.14. The van der Waals surface area contributed by atoms with Crippen LogP contribution in [0.15, 0.2) is 0 Å². The van der Waals surface area contributed by atoms with Gasteiger partial charge in [0.2, 0.25) is 0 Å². The van der Waals surface area contributed by atoms with E-state index >= 15 is 0 Å². The smallest absolute Gasteiger partial charge is 0.451 e. The largest absolute Gasteiger partial charge is 0.481 e. The first-order valence-corrected chi connectivity index (χ1v) is 8.60. The molecule has 7 heteroatoms. The second kappa shape index (κ2) is 8.86. The number of carbonyl (C=O) groups is 1. The lowest BCUT2D eigenvalue weighted by atomic mass is 9.80. The summed E-state index contributed by atoms with van der Waals surface area (Å²) in [4.78, 5) is 16.2. The molecule has 1 unspecified atom stereocenters. The van der Waals surface area contributed by atoms with Crippen molar-refractivity contribution in [2.24, 2.45) is 11.8 Å². The van der Waals surface area contributed by atoms with Gasteiger partial charge in [0.25, 0.3) is 0 Å². The van der Waals surface area contributed by atoms with E-state index in [9.17, 15) is 9.90 Å². The predicted molar refractivity (Wildman–Crippen MR) is 85.6 cm³/mol. The minimum Gasteiger partial charge on any atom is -0.481 e. The molecular formula is C15H29BN2O4. The molecule has 0 bridgehead atoms. The maximum atomic E-state index is 11.4. The quantitative estimate of drug-likeness (QED) is 0.561. The van der Waals surface area contributed by atoms with Crippen LogP contribution in [0.2, 0.25) is 6.32 Å². The number of carboxylic acids is 1. The number of piperidine rings is 1. The number of likely N-dealkylation sites (tertiary alicyclic amines) is 2. The monoisotopic (exact) mass is 312 g/mol. The zero-order chi connectivity index (χ0) is 15.9. The van der Waals surface area contributed by atoms with Crippen molar-refractivity contribution in [2.45, 2.75) is 38.4 Å². The van der Waals surface area contributed by atoms with Gasteiger partial charge in [0.1, 0.15) is 0 Å². The molecule has 2 fully saturated rings. The van der Waals surface area contributed by atoms with E-state index in [0.29, 0.717) is 19.3 Å². The first-order chi connectivity index (χ1) is 10.6. The Bertz CT molecular complexity index is 350. The van der Waals surface area contributed by atoms with Gasteiger partial charge in [-0.3, -0.25) is 4.79 Å². The van der Waals surface area contributed by atoms with Crippen molar-refractivity contribution in [2.75, 3.05) is 39.3 Å². The van der Waals surface area contributed by atoms with Gasteiger partial charge in [-0.2, -0.15) is 0 Å². The summed E-state index contributed by atoms with van der Waals surface area (Å²) in [5.41, 5.74) is 0. The van der Waals surface area contributed by atoms with Crippen LogP contribution < -0.4 is 0 Å². The molecule has 0 aromatic rings. The average molecular weight is 312 g/mol. The number of carboxylic acid groups (broad SMARTS) is 1. The van der Waals surface area contributed by atoms with Gasteiger partial charge in [-0.25, -0.2) is 0 Å². The summed E-state index contributed by atoms with van der Waals surface area (Å²) in [6.07, 6.45) is 5.66. The fourth-order valence-electron chi connectivity index (χ4n) is 3.74. The maximum Gasteiger partial charge on any atom is 0.451 e. The molecule has 2 rings (SSSR count). The van der Waals surface area contributed by atoms with Crippen molar-refractivity contribution >= 4 is 13.1 Å². The highest BCUT2D eigenvalue weighted by Gasteiger charge is 2.37. The van der Waals surface area contributed by atoms with Crippen molar-refractivity contribution in [1.82, 2.24) is 9.80 Å². The Balaban J connectivity index is 1.75. The molecule has 0 radical (unpaired) electrons. The molecule has 0 aromatic carbocycles. The van der Waals surface area contributed by atoms with E-state index in [1.54, 1.807) is 0 Å². The average Bonchev–Trinajstić information content (AvgIpc) is 2.89. The van der Waals surface area contributed by atoms with Gasteiger partial charge >= 0.3 is 13.1 Å². The third-order valence-corrected chi connectivity index (χ3v) is 5.05. The van der Waals surface area contributed by atoms with Gasteiger partial charge in [0.15, 0.2) is 0 Å². The lowest BCUT2D eigenvalue weighted by Crippen LogP contribution is -2.37. The van der Waals surface area contributed by atoms with Crippen molar-refractivity contribution in [3.05, 3.63) is 0 Å². The van der Waals surface area contributed by atoms with Crippen LogP contribution in [0.25, 0.3) is 0 Å². The molecule has 2 atom stereocenters. The standard InChI is InChI=1S/C15H29BN2O4/c19-15(20)14-12-18(10-9-17-7-2-1-3-8-17)11-13(14)5-4-6-16(21)22/h13-14,21-22H,1-12H2,(H,19,20)/t13?,14-/m1/s1. The van der Waals surface area contributed by atoms with Crippen molar-refractivity contribution in [1.29, 1.82) is 0 Å². The predicted octanol–water partition coefficient (Wildman–Crippen LogP) is 0.358. The van der Waals surface area contributed by atoms with Crippen LogP contribution in [-0.4, -0.2) is 77.3 Å². The van der Waals surface area contributed by atoms with Crippen molar-refractivity contribution in [3.63, 3.8) is 0 Å². The Labute approximate surface area is 133 Å². The molecule has 2 aliphatic heterocycles. The zero-order valence-electron chi connectivity index (χ0n) is 13.4. The van der Waals surface area contributed by atoms with E-state index in [2.05, 4.69) is 9.80 Å². The van der Waals surface area contributed by atoms with Gasteiger partial charge in [0.05, 0.1) is 5.92 Å². The summed E-state index contributed by atoms with van der Waals surface area (Å²) in [5, 5.41) is 27.2. The second-order valence-corrected chi connectivity index (χ2v) is 6.78. The Morgan fingerprint density at radius 2 is 1.73 bits per heavy atom. The van der Waals surface area contributed by atoms with Gasteiger partial charge < -0.3 is 25.0 Å². The summed E-state index contributed by atoms with van der Waals surface area (Å²) in [5.74, 6) is -0.884. The molecule has 2 saturated heterocycles. The molecule has 0 aromatic heterocycles. The van der Waals surface area contributed by atoms with Gasteiger partial charge in [0, 0.05) is 26.2 Å². The lowest BCUT2D eigenvalue weighted by molar-refractivity contribution is -0.142. The fourth-order valence-corrected chi connectivity index (χ4v) is 3.74. The second-order valence-electron chi connectivity index (χ2n) is 6.78.